The molecule has 0 bridgehead atoms. The third-order valence-electron chi connectivity index (χ3n) is 4.59. The predicted molar refractivity (Wildman–Crippen MR) is 79.6 cm³/mol. The van der Waals surface area contributed by atoms with Crippen LogP contribution < -0.4 is 5.32 Å². The molecule has 1 spiro atoms. The van der Waals surface area contributed by atoms with E-state index in [1.54, 1.807) is 0 Å². The molecule has 0 radical (unpaired) electrons. The molecular weight excluding hydrogens is 246 g/mol. The first-order chi connectivity index (χ1) is 9.89. The third kappa shape index (κ3) is 1.80. The lowest BCUT2D eigenvalue weighted by Gasteiger charge is -2.34. The van der Waals surface area contributed by atoms with Gasteiger partial charge in [-0.25, -0.2) is 0 Å². The Labute approximate surface area is 119 Å². The van der Waals surface area contributed by atoms with E-state index in [-0.39, 0.29) is 11.7 Å². The minimum Gasteiger partial charge on any atom is -0.358 e. The summed E-state index contributed by atoms with van der Waals surface area (Å²) in [6, 6.07) is 19.3. The SMILES string of the molecule is c1ccc([C@@H]2OC3(CCNCC3)c3ccccc32)cc1. The van der Waals surface area contributed by atoms with Gasteiger partial charge in [-0.15, -0.1) is 0 Å². The Morgan fingerprint density at radius 1 is 0.900 bits per heavy atom. The minimum absolute atomic E-state index is 0.0810. The van der Waals surface area contributed by atoms with Gasteiger partial charge in [0, 0.05) is 0 Å². The molecule has 2 aliphatic heterocycles. The van der Waals surface area contributed by atoms with Gasteiger partial charge in [0.2, 0.25) is 0 Å². The van der Waals surface area contributed by atoms with E-state index < -0.39 is 0 Å². The van der Waals surface area contributed by atoms with Crippen LogP contribution in [0.15, 0.2) is 54.6 Å². The van der Waals surface area contributed by atoms with Crippen LogP contribution in [0.25, 0.3) is 0 Å². The Balaban J connectivity index is 1.81. The summed E-state index contributed by atoms with van der Waals surface area (Å²) in [6.07, 6.45) is 2.21. The fraction of sp³-hybridized carbons (Fsp3) is 0.333. The molecule has 20 heavy (non-hydrogen) atoms. The van der Waals surface area contributed by atoms with Gasteiger partial charge < -0.3 is 10.1 Å². The molecule has 2 heterocycles. The van der Waals surface area contributed by atoms with E-state index in [0.29, 0.717) is 0 Å². The van der Waals surface area contributed by atoms with Crippen molar-refractivity contribution in [3.63, 3.8) is 0 Å². The number of fused-ring (bicyclic) bond motifs is 2. The molecule has 4 rings (SSSR count). The molecule has 2 heteroatoms. The van der Waals surface area contributed by atoms with Crippen LogP contribution in [0.1, 0.15) is 35.6 Å². The molecular formula is C18H19NO. The van der Waals surface area contributed by atoms with Crippen LogP contribution in [-0.4, -0.2) is 13.1 Å². The maximum atomic E-state index is 6.61. The van der Waals surface area contributed by atoms with Crippen LogP contribution in [0.3, 0.4) is 0 Å². The topological polar surface area (TPSA) is 21.3 Å². The van der Waals surface area contributed by atoms with Gasteiger partial charge >= 0.3 is 0 Å². The molecule has 1 saturated heterocycles. The first-order valence-electron chi connectivity index (χ1n) is 7.42. The summed E-state index contributed by atoms with van der Waals surface area (Å²) in [7, 11) is 0. The van der Waals surface area contributed by atoms with E-state index in [1.807, 2.05) is 0 Å². The molecule has 2 aromatic rings. The number of ether oxygens (including phenoxy) is 1. The molecule has 1 N–H and O–H groups in total. The number of piperidine rings is 1. The lowest BCUT2D eigenvalue weighted by Crippen LogP contribution is -2.39. The van der Waals surface area contributed by atoms with Crippen molar-refractivity contribution in [2.45, 2.75) is 24.5 Å². The highest BCUT2D eigenvalue weighted by molar-refractivity contribution is 5.43. The predicted octanol–water partition coefficient (Wildman–Crippen LogP) is 3.38. The molecule has 0 aromatic heterocycles. The normalized spacial score (nSPS) is 23.7. The highest BCUT2D eigenvalue weighted by Gasteiger charge is 2.45. The van der Waals surface area contributed by atoms with Crippen molar-refractivity contribution in [1.29, 1.82) is 0 Å². The minimum atomic E-state index is -0.0810. The second-order valence-corrected chi connectivity index (χ2v) is 5.74. The van der Waals surface area contributed by atoms with Crippen LogP contribution in [0, 0.1) is 0 Å². The quantitative estimate of drug-likeness (QED) is 0.853. The van der Waals surface area contributed by atoms with Gasteiger partial charge in [0.25, 0.3) is 0 Å². The third-order valence-corrected chi connectivity index (χ3v) is 4.59. The Morgan fingerprint density at radius 2 is 1.60 bits per heavy atom. The Bertz CT molecular complexity index is 602. The molecule has 1 fully saturated rings. The first kappa shape index (κ1) is 12.1. The molecule has 2 aromatic carbocycles. The zero-order valence-corrected chi connectivity index (χ0v) is 11.5. The van der Waals surface area contributed by atoms with Crippen LogP contribution in [-0.2, 0) is 10.3 Å². The fourth-order valence-electron chi connectivity index (χ4n) is 3.59. The van der Waals surface area contributed by atoms with Crippen molar-refractivity contribution in [1.82, 2.24) is 5.32 Å². The average molecular weight is 265 g/mol. The number of rotatable bonds is 1. The van der Waals surface area contributed by atoms with Crippen LogP contribution in [0.5, 0.6) is 0 Å². The van der Waals surface area contributed by atoms with Gasteiger partial charge in [-0.2, -0.15) is 0 Å². The summed E-state index contributed by atoms with van der Waals surface area (Å²) in [5.74, 6) is 0. The van der Waals surface area contributed by atoms with Crippen LogP contribution >= 0.6 is 0 Å². The summed E-state index contributed by atoms with van der Waals surface area (Å²) >= 11 is 0. The molecule has 102 valence electrons. The molecule has 2 aliphatic rings. The lowest BCUT2D eigenvalue weighted by atomic mass is 9.84. The zero-order chi connectivity index (χ0) is 13.4. The first-order valence-corrected chi connectivity index (χ1v) is 7.42. The standard InChI is InChI=1S/C18H19NO/c1-2-6-14(7-3-1)17-15-8-4-5-9-16(15)18(20-17)10-12-19-13-11-18/h1-9,17,19H,10-13H2/t17-/m0/s1. The molecule has 0 aliphatic carbocycles. The van der Waals surface area contributed by atoms with Crippen LogP contribution in [0.4, 0.5) is 0 Å². The van der Waals surface area contributed by atoms with E-state index in [0.717, 1.165) is 25.9 Å². The Morgan fingerprint density at radius 3 is 2.40 bits per heavy atom. The highest BCUT2D eigenvalue weighted by atomic mass is 16.5. The van der Waals surface area contributed by atoms with E-state index in [1.165, 1.54) is 16.7 Å². The van der Waals surface area contributed by atoms with Crippen molar-refractivity contribution in [3.05, 3.63) is 71.3 Å². The summed E-state index contributed by atoms with van der Waals surface area (Å²) in [6.45, 7) is 2.08. The average Bonchev–Trinajstić information content (AvgIpc) is 2.84. The van der Waals surface area contributed by atoms with Gasteiger partial charge in [0.05, 0.1) is 5.60 Å². The Kier molecular flexibility index (Phi) is 2.86. The second kappa shape index (κ2) is 4.72. The molecule has 0 saturated carbocycles. The summed E-state index contributed by atoms with van der Waals surface area (Å²) in [5.41, 5.74) is 3.92. The monoisotopic (exact) mass is 265 g/mol. The van der Waals surface area contributed by atoms with Gasteiger partial charge in [0.15, 0.2) is 0 Å². The molecule has 0 amide bonds. The van der Waals surface area contributed by atoms with Gasteiger partial charge in [-0.1, -0.05) is 54.6 Å². The highest BCUT2D eigenvalue weighted by Crippen LogP contribution is 2.50. The number of hydrogen-bond acceptors (Lipinski definition) is 2. The molecule has 2 nitrogen and oxygen atoms in total. The summed E-state index contributed by atoms with van der Waals surface area (Å²) in [4.78, 5) is 0. The number of benzene rings is 2. The number of hydrogen-bond donors (Lipinski definition) is 1. The van der Waals surface area contributed by atoms with Crippen molar-refractivity contribution in [3.8, 4) is 0 Å². The molecule has 1 atom stereocenters. The van der Waals surface area contributed by atoms with Gasteiger partial charge in [-0.05, 0) is 42.6 Å². The van der Waals surface area contributed by atoms with Crippen molar-refractivity contribution < 1.29 is 4.74 Å². The van der Waals surface area contributed by atoms with Gasteiger partial charge in [-0.3, -0.25) is 0 Å². The van der Waals surface area contributed by atoms with E-state index >= 15 is 0 Å². The largest absolute Gasteiger partial charge is 0.358 e. The summed E-state index contributed by atoms with van der Waals surface area (Å²) < 4.78 is 6.61. The summed E-state index contributed by atoms with van der Waals surface area (Å²) in [5, 5.41) is 3.44. The smallest absolute Gasteiger partial charge is 0.109 e. The van der Waals surface area contributed by atoms with Crippen LogP contribution in [0.2, 0.25) is 0 Å². The zero-order valence-electron chi connectivity index (χ0n) is 11.5. The lowest BCUT2D eigenvalue weighted by molar-refractivity contribution is -0.0798. The Hall–Kier alpha value is -1.64. The van der Waals surface area contributed by atoms with Crippen molar-refractivity contribution >= 4 is 0 Å². The van der Waals surface area contributed by atoms with E-state index in [2.05, 4.69) is 59.9 Å². The van der Waals surface area contributed by atoms with E-state index in [4.69, 9.17) is 4.74 Å². The number of nitrogens with one attached hydrogen (secondary N) is 1. The van der Waals surface area contributed by atoms with Gasteiger partial charge in [0.1, 0.15) is 6.10 Å². The maximum Gasteiger partial charge on any atom is 0.109 e. The second-order valence-electron chi connectivity index (χ2n) is 5.74. The van der Waals surface area contributed by atoms with Crippen molar-refractivity contribution in [2.75, 3.05) is 13.1 Å². The fourth-order valence-corrected chi connectivity index (χ4v) is 3.59. The van der Waals surface area contributed by atoms with E-state index in [9.17, 15) is 0 Å². The molecule has 0 unspecified atom stereocenters. The maximum absolute atomic E-state index is 6.61. The van der Waals surface area contributed by atoms with Crippen molar-refractivity contribution in [2.24, 2.45) is 0 Å².